The summed E-state index contributed by atoms with van der Waals surface area (Å²) >= 11 is 0. The summed E-state index contributed by atoms with van der Waals surface area (Å²) in [6, 6.07) is 19.7. The highest BCUT2D eigenvalue weighted by Gasteiger charge is 2.24. The van der Waals surface area contributed by atoms with E-state index in [0.29, 0.717) is 6.54 Å². The zero-order valence-corrected chi connectivity index (χ0v) is 15.3. The molecule has 1 atom stereocenters. The molecule has 2 aromatic rings. The van der Waals surface area contributed by atoms with Crippen molar-refractivity contribution in [2.24, 2.45) is 5.73 Å². The first-order valence-corrected chi connectivity index (χ1v) is 8.62. The van der Waals surface area contributed by atoms with Crippen molar-refractivity contribution < 1.29 is 9.53 Å². The molecule has 4 nitrogen and oxygen atoms in total. The summed E-state index contributed by atoms with van der Waals surface area (Å²) in [5.41, 5.74) is 7.97. The van der Waals surface area contributed by atoms with Crippen LogP contribution in [0.1, 0.15) is 31.9 Å². The van der Waals surface area contributed by atoms with Gasteiger partial charge in [-0.25, -0.2) is 0 Å². The number of ether oxygens (including phenoxy) is 1. The fourth-order valence-corrected chi connectivity index (χ4v) is 2.60. The van der Waals surface area contributed by atoms with E-state index in [1.807, 2.05) is 57.2 Å². The molecule has 25 heavy (non-hydrogen) atoms. The lowest BCUT2D eigenvalue weighted by atomic mass is 10.1. The Labute approximate surface area is 150 Å². The molecule has 0 aromatic heterocycles. The van der Waals surface area contributed by atoms with Gasteiger partial charge in [0.25, 0.3) is 0 Å². The van der Waals surface area contributed by atoms with Crippen LogP contribution in [-0.4, -0.2) is 29.1 Å². The number of esters is 1. The third kappa shape index (κ3) is 7.08. The Balaban J connectivity index is 2.06. The molecule has 0 amide bonds. The molecular formula is C21H28N2O2. The fraction of sp³-hybridized carbons (Fsp3) is 0.381. The van der Waals surface area contributed by atoms with E-state index in [1.165, 1.54) is 11.1 Å². The number of hydrogen-bond acceptors (Lipinski definition) is 4. The van der Waals surface area contributed by atoms with Crippen molar-refractivity contribution in [3.05, 3.63) is 71.8 Å². The molecule has 0 spiro atoms. The highest BCUT2D eigenvalue weighted by atomic mass is 16.6. The number of benzene rings is 2. The molecule has 0 unspecified atom stereocenters. The molecule has 0 bridgehead atoms. The van der Waals surface area contributed by atoms with Gasteiger partial charge in [-0.05, 0) is 31.9 Å². The van der Waals surface area contributed by atoms with Crippen molar-refractivity contribution in [3.8, 4) is 0 Å². The van der Waals surface area contributed by atoms with Gasteiger partial charge in [0.15, 0.2) is 0 Å². The zero-order chi connectivity index (χ0) is 18.3. The van der Waals surface area contributed by atoms with Crippen molar-refractivity contribution in [2.75, 3.05) is 6.54 Å². The van der Waals surface area contributed by atoms with Crippen LogP contribution in [-0.2, 0) is 22.6 Å². The van der Waals surface area contributed by atoms with E-state index in [-0.39, 0.29) is 5.97 Å². The van der Waals surface area contributed by atoms with Crippen LogP contribution in [0.3, 0.4) is 0 Å². The van der Waals surface area contributed by atoms with Crippen LogP contribution in [0.2, 0.25) is 0 Å². The number of carbonyl (C=O) groups excluding carboxylic acids is 1. The Morgan fingerprint density at radius 2 is 1.40 bits per heavy atom. The average Bonchev–Trinajstić information content (AvgIpc) is 2.55. The van der Waals surface area contributed by atoms with E-state index in [2.05, 4.69) is 29.2 Å². The quantitative estimate of drug-likeness (QED) is 0.785. The van der Waals surface area contributed by atoms with Crippen molar-refractivity contribution in [2.45, 2.75) is 45.5 Å². The highest BCUT2D eigenvalue weighted by Crippen LogP contribution is 2.12. The van der Waals surface area contributed by atoms with Crippen LogP contribution in [0.15, 0.2) is 60.7 Å². The van der Waals surface area contributed by atoms with Gasteiger partial charge in [0.2, 0.25) is 0 Å². The summed E-state index contributed by atoms with van der Waals surface area (Å²) in [7, 11) is 0. The lowest BCUT2D eigenvalue weighted by molar-refractivity contribution is -0.157. The Morgan fingerprint density at radius 3 is 1.80 bits per heavy atom. The van der Waals surface area contributed by atoms with Crippen LogP contribution < -0.4 is 5.73 Å². The molecule has 0 aliphatic heterocycles. The standard InChI is InChI=1S/C21H28N2O2/c1-21(2,3)25-20(24)19(22)16-23(14-17-10-6-4-7-11-17)15-18-12-8-5-9-13-18/h4-13,19H,14-16,22H2,1-3H3/t19-/m0/s1. The lowest BCUT2D eigenvalue weighted by Gasteiger charge is -2.27. The molecule has 0 radical (unpaired) electrons. The summed E-state index contributed by atoms with van der Waals surface area (Å²) in [6.07, 6.45) is 0. The molecule has 0 fully saturated rings. The monoisotopic (exact) mass is 340 g/mol. The second-order valence-electron chi connectivity index (χ2n) is 7.28. The molecule has 2 rings (SSSR count). The summed E-state index contributed by atoms with van der Waals surface area (Å²) in [5.74, 6) is -0.362. The highest BCUT2D eigenvalue weighted by molar-refractivity contribution is 5.76. The van der Waals surface area contributed by atoms with Gasteiger partial charge in [-0.2, -0.15) is 0 Å². The Kier molecular flexibility index (Phi) is 6.73. The van der Waals surface area contributed by atoms with E-state index in [4.69, 9.17) is 10.5 Å². The van der Waals surface area contributed by atoms with Crippen LogP contribution in [0.5, 0.6) is 0 Å². The second kappa shape index (κ2) is 8.79. The van der Waals surface area contributed by atoms with Gasteiger partial charge in [0.05, 0.1) is 0 Å². The first-order valence-electron chi connectivity index (χ1n) is 8.62. The number of carbonyl (C=O) groups is 1. The van der Waals surface area contributed by atoms with Crippen molar-refractivity contribution in [3.63, 3.8) is 0 Å². The maximum atomic E-state index is 12.2. The molecule has 0 aliphatic rings. The maximum Gasteiger partial charge on any atom is 0.324 e. The topological polar surface area (TPSA) is 55.6 Å². The minimum absolute atomic E-state index is 0.362. The van der Waals surface area contributed by atoms with Gasteiger partial charge >= 0.3 is 5.97 Å². The Morgan fingerprint density at radius 1 is 0.960 bits per heavy atom. The minimum atomic E-state index is -0.674. The molecule has 0 heterocycles. The molecule has 0 saturated heterocycles. The maximum absolute atomic E-state index is 12.2. The van der Waals surface area contributed by atoms with Gasteiger partial charge in [0, 0.05) is 19.6 Å². The van der Waals surface area contributed by atoms with E-state index >= 15 is 0 Å². The summed E-state index contributed by atoms with van der Waals surface area (Å²) < 4.78 is 5.41. The predicted octanol–water partition coefficient (Wildman–Crippen LogP) is 3.36. The second-order valence-corrected chi connectivity index (χ2v) is 7.28. The van der Waals surface area contributed by atoms with Gasteiger partial charge in [-0.3, -0.25) is 9.69 Å². The third-order valence-electron chi connectivity index (χ3n) is 3.66. The molecule has 0 saturated carbocycles. The lowest BCUT2D eigenvalue weighted by Crippen LogP contribution is -2.45. The molecule has 2 N–H and O–H groups in total. The number of nitrogens with zero attached hydrogens (tertiary/aromatic N) is 1. The third-order valence-corrected chi connectivity index (χ3v) is 3.66. The van der Waals surface area contributed by atoms with Crippen LogP contribution in [0, 0.1) is 0 Å². The number of rotatable bonds is 7. The van der Waals surface area contributed by atoms with Gasteiger partial charge in [-0.15, -0.1) is 0 Å². The van der Waals surface area contributed by atoms with Gasteiger partial charge in [-0.1, -0.05) is 60.7 Å². The molecular weight excluding hydrogens is 312 g/mol. The molecule has 0 aliphatic carbocycles. The number of nitrogens with two attached hydrogens (primary N) is 1. The smallest absolute Gasteiger partial charge is 0.324 e. The van der Waals surface area contributed by atoms with Gasteiger partial charge < -0.3 is 10.5 Å². The normalized spacial score (nSPS) is 12.8. The van der Waals surface area contributed by atoms with E-state index < -0.39 is 11.6 Å². The van der Waals surface area contributed by atoms with Crippen molar-refractivity contribution >= 4 is 5.97 Å². The van der Waals surface area contributed by atoms with Crippen LogP contribution in [0.4, 0.5) is 0 Å². The summed E-state index contributed by atoms with van der Waals surface area (Å²) in [6.45, 7) is 7.45. The minimum Gasteiger partial charge on any atom is -0.459 e. The summed E-state index contributed by atoms with van der Waals surface area (Å²) in [4.78, 5) is 14.4. The van der Waals surface area contributed by atoms with E-state index in [1.54, 1.807) is 0 Å². The van der Waals surface area contributed by atoms with E-state index in [9.17, 15) is 4.79 Å². The van der Waals surface area contributed by atoms with Crippen molar-refractivity contribution in [1.82, 2.24) is 4.90 Å². The Hall–Kier alpha value is -2.17. The first kappa shape index (κ1) is 19.2. The van der Waals surface area contributed by atoms with Gasteiger partial charge in [0.1, 0.15) is 11.6 Å². The number of hydrogen-bond donors (Lipinski definition) is 1. The van der Waals surface area contributed by atoms with Crippen LogP contribution in [0.25, 0.3) is 0 Å². The fourth-order valence-electron chi connectivity index (χ4n) is 2.60. The zero-order valence-electron chi connectivity index (χ0n) is 15.3. The van der Waals surface area contributed by atoms with Crippen LogP contribution >= 0.6 is 0 Å². The Bertz CT molecular complexity index is 609. The molecule has 2 aromatic carbocycles. The molecule has 134 valence electrons. The van der Waals surface area contributed by atoms with E-state index in [0.717, 1.165) is 13.1 Å². The first-order chi connectivity index (χ1) is 11.8. The summed E-state index contributed by atoms with van der Waals surface area (Å²) in [5, 5.41) is 0. The average molecular weight is 340 g/mol. The predicted molar refractivity (Wildman–Crippen MR) is 101 cm³/mol. The molecule has 4 heteroatoms. The SMILES string of the molecule is CC(C)(C)OC(=O)[C@@H](N)CN(Cc1ccccc1)Cc1ccccc1. The van der Waals surface area contributed by atoms with Crippen molar-refractivity contribution in [1.29, 1.82) is 0 Å². The largest absolute Gasteiger partial charge is 0.459 e.